The first-order valence-corrected chi connectivity index (χ1v) is 13.5. The van der Waals surface area contributed by atoms with Crippen LogP contribution < -0.4 is 9.80 Å². The molecule has 4 aliphatic heterocycles. The summed E-state index contributed by atoms with van der Waals surface area (Å²) in [5.41, 5.74) is 6.35. The van der Waals surface area contributed by atoms with E-state index in [1.54, 1.807) is 0 Å². The molecule has 3 aromatic carbocycles. The Bertz CT molecular complexity index is 1070. The average Bonchev–Trinajstić information content (AvgIpc) is 3.76. The van der Waals surface area contributed by atoms with E-state index < -0.39 is 0 Å². The van der Waals surface area contributed by atoms with Crippen molar-refractivity contribution in [1.82, 2.24) is 0 Å². The molecule has 0 amide bonds. The summed E-state index contributed by atoms with van der Waals surface area (Å²) in [5.74, 6) is 0.170. The molecule has 6 heteroatoms. The number of nitrogens with zero attached hydrogens (tertiary/aromatic N) is 2. The number of ether oxygens (including phenoxy) is 4. The van der Waals surface area contributed by atoms with Crippen LogP contribution in [0.25, 0.3) is 0 Å². The molecule has 0 bridgehead atoms. The van der Waals surface area contributed by atoms with Crippen LogP contribution in [0.2, 0.25) is 0 Å². The monoisotopic (exact) mass is 498 g/mol. The molecular weight excluding hydrogens is 464 g/mol. The molecule has 4 unspecified atom stereocenters. The van der Waals surface area contributed by atoms with Gasteiger partial charge < -0.3 is 28.7 Å². The van der Waals surface area contributed by atoms with Gasteiger partial charge in [-0.2, -0.15) is 0 Å². The Kier molecular flexibility index (Phi) is 6.34. The highest BCUT2D eigenvalue weighted by atomic mass is 16.6. The van der Waals surface area contributed by atoms with Gasteiger partial charge in [0.1, 0.15) is 0 Å². The number of anilines is 2. The largest absolute Gasteiger partial charge is 0.371 e. The SMILES string of the molecule is c1ccc(C(c2ccc(N(CC3CO3)CC3CO3)cc2)c2ccc(N(CC3CO3)CC3CO3)cc2)cc1. The lowest BCUT2D eigenvalue weighted by Crippen LogP contribution is -2.31. The molecule has 4 fully saturated rings. The van der Waals surface area contributed by atoms with Crippen molar-refractivity contribution in [3.8, 4) is 0 Å². The van der Waals surface area contributed by atoms with Crippen molar-refractivity contribution < 1.29 is 18.9 Å². The molecule has 4 heterocycles. The fourth-order valence-corrected chi connectivity index (χ4v) is 5.23. The summed E-state index contributed by atoms with van der Waals surface area (Å²) < 4.78 is 22.1. The van der Waals surface area contributed by atoms with Crippen LogP contribution in [0.4, 0.5) is 11.4 Å². The minimum atomic E-state index is 0.170. The van der Waals surface area contributed by atoms with Gasteiger partial charge in [-0.15, -0.1) is 0 Å². The Morgan fingerprint density at radius 2 is 0.811 bits per heavy atom. The minimum absolute atomic E-state index is 0.170. The van der Waals surface area contributed by atoms with Crippen molar-refractivity contribution in [2.75, 3.05) is 62.4 Å². The molecule has 4 aliphatic rings. The first kappa shape index (κ1) is 23.2. The van der Waals surface area contributed by atoms with Gasteiger partial charge in [0.15, 0.2) is 0 Å². The summed E-state index contributed by atoms with van der Waals surface area (Å²) in [4.78, 5) is 4.82. The van der Waals surface area contributed by atoms with E-state index in [1.807, 2.05) is 0 Å². The molecule has 0 N–H and O–H groups in total. The predicted octanol–water partition coefficient (Wildman–Crippen LogP) is 4.07. The Balaban J connectivity index is 1.15. The smallest absolute Gasteiger partial charge is 0.0984 e. The first-order chi connectivity index (χ1) is 18.3. The van der Waals surface area contributed by atoms with Gasteiger partial charge in [-0.3, -0.25) is 0 Å². The number of epoxide rings is 4. The topological polar surface area (TPSA) is 56.6 Å². The van der Waals surface area contributed by atoms with Gasteiger partial charge in [-0.1, -0.05) is 54.6 Å². The van der Waals surface area contributed by atoms with E-state index in [-0.39, 0.29) is 5.92 Å². The molecule has 7 rings (SSSR count). The molecule has 0 radical (unpaired) electrons. The Morgan fingerprint density at radius 3 is 1.14 bits per heavy atom. The van der Waals surface area contributed by atoms with Crippen LogP contribution in [0.3, 0.4) is 0 Å². The molecule has 4 atom stereocenters. The lowest BCUT2D eigenvalue weighted by atomic mass is 9.85. The van der Waals surface area contributed by atoms with Crippen LogP contribution in [0, 0.1) is 0 Å². The molecule has 192 valence electrons. The van der Waals surface area contributed by atoms with Crippen LogP contribution in [-0.2, 0) is 18.9 Å². The van der Waals surface area contributed by atoms with E-state index in [4.69, 9.17) is 18.9 Å². The average molecular weight is 499 g/mol. The summed E-state index contributed by atoms with van der Waals surface area (Å²) in [5, 5.41) is 0. The quantitative estimate of drug-likeness (QED) is 0.262. The maximum atomic E-state index is 5.52. The fourth-order valence-electron chi connectivity index (χ4n) is 5.23. The second-order valence-electron chi connectivity index (χ2n) is 10.7. The van der Waals surface area contributed by atoms with Crippen molar-refractivity contribution >= 4 is 11.4 Å². The molecule has 6 nitrogen and oxygen atoms in total. The van der Waals surface area contributed by atoms with Crippen LogP contribution in [0.15, 0.2) is 78.9 Å². The summed E-state index contributed by atoms with van der Waals surface area (Å²) in [6.45, 7) is 7.17. The second kappa shape index (κ2) is 10.1. The zero-order valence-electron chi connectivity index (χ0n) is 21.1. The van der Waals surface area contributed by atoms with Gasteiger partial charge in [0.2, 0.25) is 0 Å². The van der Waals surface area contributed by atoms with Crippen molar-refractivity contribution in [2.24, 2.45) is 0 Å². The third-order valence-electron chi connectivity index (χ3n) is 7.62. The molecule has 0 aromatic heterocycles. The third kappa shape index (κ3) is 5.99. The maximum Gasteiger partial charge on any atom is 0.0984 e. The van der Waals surface area contributed by atoms with Crippen LogP contribution in [0.1, 0.15) is 22.6 Å². The summed E-state index contributed by atoms with van der Waals surface area (Å²) in [6.07, 6.45) is 1.41. The number of rotatable bonds is 13. The zero-order chi connectivity index (χ0) is 24.6. The summed E-state index contributed by atoms with van der Waals surface area (Å²) >= 11 is 0. The number of hydrogen-bond donors (Lipinski definition) is 0. The lowest BCUT2D eigenvalue weighted by molar-refractivity contribution is 0.388. The van der Waals surface area contributed by atoms with E-state index in [0.717, 1.165) is 52.6 Å². The van der Waals surface area contributed by atoms with Gasteiger partial charge in [0.25, 0.3) is 0 Å². The van der Waals surface area contributed by atoms with Crippen molar-refractivity contribution in [1.29, 1.82) is 0 Å². The highest BCUT2D eigenvalue weighted by Gasteiger charge is 2.32. The molecule has 3 aromatic rings. The van der Waals surface area contributed by atoms with E-state index in [1.165, 1.54) is 28.1 Å². The fraction of sp³-hybridized carbons (Fsp3) is 0.419. The van der Waals surface area contributed by atoms with Crippen molar-refractivity contribution in [3.05, 3.63) is 95.6 Å². The zero-order valence-corrected chi connectivity index (χ0v) is 21.1. The molecule has 37 heavy (non-hydrogen) atoms. The lowest BCUT2D eigenvalue weighted by Gasteiger charge is -2.26. The number of benzene rings is 3. The van der Waals surface area contributed by atoms with E-state index in [0.29, 0.717) is 24.4 Å². The van der Waals surface area contributed by atoms with Gasteiger partial charge in [-0.25, -0.2) is 0 Å². The van der Waals surface area contributed by atoms with Gasteiger partial charge >= 0.3 is 0 Å². The van der Waals surface area contributed by atoms with Gasteiger partial charge in [-0.05, 0) is 41.0 Å². The van der Waals surface area contributed by atoms with E-state index >= 15 is 0 Å². The third-order valence-corrected chi connectivity index (χ3v) is 7.62. The van der Waals surface area contributed by atoms with E-state index in [2.05, 4.69) is 88.7 Å². The van der Waals surface area contributed by atoms with Crippen LogP contribution in [-0.4, -0.2) is 77.0 Å². The van der Waals surface area contributed by atoms with E-state index in [9.17, 15) is 0 Å². The predicted molar refractivity (Wildman–Crippen MR) is 144 cm³/mol. The Hall–Kier alpha value is -2.90. The minimum Gasteiger partial charge on any atom is -0.371 e. The van der Waals surface area contributed by atoms with Crippen molar-refractivity contribution in [3.63, 3.8) is 0 Å². The van der Waals surface area contributed by atoms with Crippen LogP contribution >= 0.6 is 0 Å². The summed E-state index contributed by atoms with van der Waals surface area (Å²) in [6, 6.07) is 29.0. The Labute approximate surface area is 218 Å². The highest BCUT2D eigenvalue weighted by molar-refractivity contribution is 5.54. The van der Waals surface area contributed by atoms with Crippen LogP contribution in [0.5, 0.6) is 0 Å². The molecule has 0 saturated carbocycles. The standard InChI is InChI=1S/C31H34N2O4/c1-2-4-22(5-3-1)31(23-6-10-25(11-7-23)32(14-27-18-34-27)15-28-19-35-28)24-8-12-26(13-9-24)33(16-29-20-36-29)17-30-21-37-30/h1-13,27-31H,14-21H2. The molecular formula is C31H34N2O4. The highest BCUT2D eigenvalue weighted by Crippen LogP contribution is 2.35. The van der Waals surface area contributed by atoms with Gasteiger partial charge in [0.05, 0.1) is 50.8 Å². The number of hydrogen-bond acceptors (Lipinski definition) is 6. The normalized spacial score (nSPS) is 25.8. The molecule has 0 aliphatic carbocycles. The second-order valence-corrected chi connectivity index (χ2v) is 10.7. The maximum absolute atomic E-state index is 5.52. The molecule has 4 saturated heterocycles. The van der Waals surface area contributed by atoms with Gasteiger partial charge in [0, 0.05) is 43.5 Å². The Morgan fingerprint density at radius 1 is 0.486 bits per heavy atom. The first-order valence-electron chi connectivity index (χ1n) is 13.5. The summed E-state index contributed by atoms with van der Waals surface area (Å²) in [7, 11) is 0. The van der Waals surface area contributed by atoms with Crippen molar-refractivity contribution in [2.45, 2.75) is 30.3 Å². The molecule has 0 spiro atoms.